The predicted octanol–water partition coefficient (Wildman–Crippen LogP) is 4.60. The molecule has 1 amide bonds. The van der Waals surface area contributed by atoms with Gasteiger partial charge in [-0.25, -0.2) is 4.98 Å². The van der Waals surface area contributed by atoms with Crippen molar-refractivity contribution >= 4 is 34.2 Å². The van der Waals surface area contributed by atoms with Gasteiger partial charge < -0.3 is 4.90 Å². The summed E-state index contributed by atoms with van der Waals surface area (Å²) in [5.74, 6) is 1.89. The van der Waals surface area contributed by atoms with Crippen molar-refractivity contribution in [2.45, 2.75) is 31.8 Å². The second-order valence-electron chi connectivity index (χ2n) is 8.34. The smallest absolute Gasteiger partial charge is 0.233 e. The maximum Gasteiger partial charge on any atom is 0.233 e. The van der Waals surface area contributed by atoms with Crippen LogP contribution in [0.15, 0.2) is 53.7 Å². The second kappa shape index (κ2) is 8.30. The summed E-state index contributed by atoms with van der Waals surface area (Å²) in [4.78, 5) is 19.8. The Morgan fingerprint density at radius 1 is 1.16 bits per heavy atom. The average molecular weight is 432 g/mol. The average Bonchev–Trinajstić information content (AvgIpc) is 3.21. The minimum Gasteiger partial charge on any atom is -0.342 e. The van der Waals surface area contributed by atoms with E-state index >= 15 is 0 Å². The molecule has 0 radical (unpaired) electrons. The number of likely N-dealkylation sites (tertiary alicyclic amines) is 1. The molecule has 5 rings (SSSR count). The van der Waals surface area contributed by atoms with Crippen LogP contribution in [0.1, 0.15) is 25.3 Å². The summed E-state index contributed by atoms with van der Waals surface area (Å²) in [6.07, 6.45) is 2.28. The fourth-order valence-corrected chi connectivity index (χ4v) is 5.10. The maximum absolute atomic E-state index is 12.8. The molecule has 31 heavy (non-hydrogen) atoms. The number of carbonyl (C=O) groups is 1. The van der Waals surface area contributed by atoms with Crippen LogP contribution < -0.4 is 0 Å². The molecule has 0 aliphatic carbocycles. The first-order valence-corrected chi connectivity index (χ1v) is 11.7. The summed E-state index contributed by atoms with van der Waals surface area (Å²) in [5, 5.41) is 10.6. The largest absolute Gasteiger partial charge is 0.342 e. The Morgan fingerprint density at radius 2 is 2.03 bits per heavy atom. The Balaban J connectivity index is 1.54. The van der Waals surface area contributed by atoms with Gasteiger partial charge in [0, 0.05) is 24.0 Å². The van der Waals surface area contributed by atoms with Crippen molar-refractivity contribution in [2.24, 2.45) is 5.92 Å². The van der Waals surface area contributed by atoms with Gasteiger partial charge >= 0.3 is 0 Å². The van der Waals surface area contributed by atoms with Crippen LogP contribution >= 0.6 is 11.8 Å². The first-order chi connectivity index (χ1) is 15.1. The zero-order valence-corrected chi connectivity index (χ0v) is 18.6. The highest BCUT2D eigenvalue weighted by molar-refractivity contribution is 7.99. The molecular weight excluding hydrogens is 406 g/mol. The fraction of sp³-hybridized carbons (Fsp3) is 0.333. The fourth-order valence-electron chi connectivity index (χ4n) is 4.26. The second-order valence-corrected chi connectivity index (χ2v) is 9.28. The molecule has 4 aromatic rings. The van der Waals surface area contributed by atoms with Gasteiger partial charge in [-0.2, -0.15) is 0 Å². The molecule has 1 atom stereocenters. The normalized spacial score (nSPS) is 16.8. The number of aromatic nitrogens is 4. The zero-order valence-electron chi connectivity index (χ0n) is 17.8. The van der Waals surface area contributed by atoms with Gasteiger partial charge in [0.05, 0.1) is 11.3 Å². The number of piperidine rings is 1. The lowest BCUT2D eigenvalue weighted by atomic mass is 10.0. The zero-order chi connectivity index (χ0) is 21.4. The number of carbonyl (C=O) groups excluding carboxylic acids is 1. The molecule has 3 heterocycles. The van der Waals surface area contributed by atoms with Crippen LogP contribution in [0, 0.1) is 12.8 Å². The van der Waals surface area contributed by atoms with E-state index in [4.69, 9.17) is 4.98 Å². The Morgan fingerprint density at radius 3 is 2.87 bits per heavy atom. The van der Waals surface area contributed by atoms with Gasteiger partial charge in [-0.15, -0.1) is 10.2 Å². The van der Waals surface area contributed by atoms with E-state index in [1.54, 1.807) is 0 Å². The molecule has 1 aliphatic rings. The highest BCUT2D eigenvalue weighted by atomic mass is 32.2. The Kier molecular flexibility index (Phi) is 5.36. The number of fused-ring (bicyclic) bond motifs is 3. The molecule has 158 valence electrons. The van der Waals surface area contributed by atoms with Gasteiger partial charge in [-0.05, 0) is 43.9 Å². The van der Waals surface area contributed by atoms with E-state index in [-0.39, 0.29) is 5.91 Å². The number of para-hydroxylation sites is 1. The molecule has 0 saturated carbocycles. The molecule has 0 N–H and O–H groups in total. The van der Waals surface area contributed by atoms with E-state index in [1.165, 1.54) is 18.2 Å². The van der Waals surface area contributed by atoms with Gasteiger partial charge in [0.15, 0.2) is 10.8 Å². The number of benzene rings is 2. The summed E-state index contributed by atoms with van der Waals surface area (Å²) in [6.45, 7) is 5.98. The van der Waals surface area contributed by atoms with Gasteiger partial charge in [0.1, 0.15) is 5.82 Å². The van der Waals surface area contributed by atoms with Crippen LogP contribution in [0.4, 0.5) is 0 Å². The number of thioether (sulfide) groups is 1. The number of hydrogen-bond donors (Lipinski definition) is 0. The summed E-state index contributed by atoms with van der Waals surface area (Å²) >= 11 is 1.44. The lowest BCUT2D eigenvalue weighted by molar-refractivity contribution is -0.130. The van der Waals surface area contributed by atoms with Crippen molar-refractivity contribution in [3.8, 4) is 11.4 Å². The minimum absolute atomic E-state index is 0.166. The molecule has 1 unspecified atom stereocenters. The van der Waals surface area contributed by atoms with E-state index in [2.05, 4.69) is 42.2 Å². The van der Waals surface area contributed by atoms with Gasteiger partial charge in [-0.1, -0.05) is 54.6 Å². The first-order valence-electron chi connectivity index (χ1n) is 10.7. The van der Waals surface area contributed by atoms with Gasteiger partial charge in [0.2, 0.25) is 5.91 Å². The highest BCUT2D eigenvalue weighted by Crippen LogP contribution is 2.29. The van der Waals surface area contributed by atoms with Crippen molar-refractivity contribution in [3.63, 3.8) is 0 Å². The topological polar surface area (TPSA) is 63.4 Å². The monoisotopic (exact) mass is 431 g/mol. The molecule has 7 heteroatoms. The third-order valence-corrected chi connectivity index (χ3v) is 6.74. The molecule has 2 aromatic heterocycles. The predicted molar refractivity (Wildman–Crippen MR) is 124 cm³/mol. The Bertz CT molecular complexity index is 1270. The summed E-state index contributed by atoms with van der Waals surface area (Å²) < 4.78 is 1.99. The minimum atomic E-state index is 0.166. The highest BCUT2D eigenvalue weighted by Gasteiger charge is 2.22. The van der Waals surface area contributed by atoms with Crippen molar-refractivity contribution in [3.05, 3.63) is 54.1 Å². The van der Waals surface area contributed by atoms with Crippen LogP contribution in [0.3, 0.4) is 0 Å². The van der Waals surface area contributed by atoms with Gasteiger partial charge in [0.25, 0.3) is 0 Å². The van der Waals surface area contributed by atoms with Crippen LogP contribution in [0.2, 0.25) is 0 Å². The van der Waals surface area contributed by atoms with E-state index in [1.807, 2.05) is 39.6 Å². The summed E-state index contributed by atoms with van der Waals surface area (Å²) in [6, 6.07) is 16.3. The molecule has 1 saturated heterocycles. The van der Waals surface area contributed by atoms with E-state index in [0.29, 0.717) is 16.8 Å². The van der Waals surface area contributed by atoms with Crippen LogP contribution in [-0.4, -0.2) is 49.2 Å². The number of aryl methyl sites for hydroxylation is 1. The molecule has 1 fully saturated rings. The number of amides is 1. The quantitative estimate of drug-likeness (QED) is 0.442. The van der Waals surface area contributed by atoms with Crippen LogP contribution in [0.25, 0.3) is 27.9 Å². The molecular formula is C24H25N5OS. The number of rotatable bonds is 4. The SMILES string of the molecule is Cc1cccc(-c2nc3ccccc3c3nnc(SCC(=O)N4CCCC(C)C4)n23)c1. The van der Waals surface area contributed by atoms with Crippen LogP contribution in [0.5, 0.6) is 0 Å². The standard InChI is InChI=1S/C24H25N5OS/c1-16-7-5-9-18(13-16)22-25-20-11-4-3-10-19(20)23-26-27-24(29(22)23)31-15-21(30)28-12-6-8-17(2)14-28/h3-5,7,9-11,13,17H,6,8,12,14-15H2,1-2H3. The first kappa shape index (κ1) is 20.0. The van der Waals surface area contributed by atoms with Crippen molar-refractivity contribution in [2.75, 3.05) is 18.8 Å². The van der Waals surface area contributed by atoms with E-state index in [0.717, 1.165) is 53.0 Å². The summed E-state index contributed by atoms with van der Waals surface area (Å²) in [7, 11) is 0. The van der Waals surface area contributed by atoms with E-state index in [9.17, 15) is 4.79 Å². The lowest BCUT2D eigenvalue weighted by Gasteiger charge is -2.30. The third-order valence-electron chi connectivity index (χ3n) is 5.83. The number of hydrogen-bond acceptors (Lipinski definition) is 5. The third kappa shape index (κ3) is 3.90. The molecule has 0 bridgehead atoms. The van der Waals surface area contributed by atoms with Gasteiger partial charge in [-0.3, -0.25) is 9.20 Å². The maximum atomic E-state index is 12.8. The molecule has 1 aliphatic heterocycles. The summed E-state index contributed by atoms with van der Waals surface area (Å²) in [5.41, 5.74) is 3.82. The molecule has 6 nitrogen and oxygen atoms in total. The molecule has 2 aromatic carbocycles. The van der Waals surface area contributed by atoms with Crippen molar-refractivity contribution in [1.82, 2.24) is 24.5 Å². The van der Waals surface area contributed by atoms with Crippen molar-refractivity contribution < 1.29 is 4.79 Å². The lowest BCUT2D eigenvalue weighted by Crippen LogP contribution is -2.40. The Labute approximate surface area is 185 Å². The Hall–Kier alpha value is -2.93. The van der Waals surface area contributed by atoms with E-state index < -0.39 is 0 Å². The van der Waals surface area contributed by atoms with Crippen LogP contribution in [-0.2, 0) is 4.79 Å². The molecule has 0 spiro atoms. The van der Waals surface area contributed by atoms with Crippen molar-refractivity contribution in [1.29, 1.82) is 0 Å². The number of nitrogens with zero attached hydrogens (tertiary/aromatic N) is 5.